The largest absolute Gasteiger partial charge is 0.459 e. The van der Waals surface area contributed by atoms with Gasteiger partial charge in [-0.1, -0.05) is 48.5 Å². The van der Waals surface area contributed by atoms with Crippen molar-refractivity contribution in [3.63, 3.8) is 0 Å². The standard InChI is InChI=1S/C24H26N2O3/c27-22(19-8-3-1-4-9-19)18-25-15-13-21(14-16-25)26(20-10-5-2-6-11-20)24(28)23-12-7-17-29-23/h1-12,17,21-22,27H,13-16,18H2. The molecule has 4 rings (SSSR count). The monoisotopic (exact) mass is 390 g/mol. The summed E-state index contributed by atoms with van der Waals surface area (Å²) in [5.74, 6) is 0.250. The molecule has 1 N–H and O–H groups in total. The van der Waals surface area contributed by atoms with Crippen molar-refractivity contribution >= 4 is 11.6 Å². The number of benzene rings is 2. The Morgan fingerprint density at radius 3 is 2.28 bits per heavy atom. The van der Waals surface area contributed by atoms with Crippen LogP contribution in [0.2, 0.25) is 0 Å². The van der Waals surface area contributed by atoms with Gasteiger partial charge in [0, 0.05) is 31.4 Å². The van der Waals surface area contributed by atoms with Crippen molar-refractivity contribution in [2.45, 2.75) is 25.0 Å². The number of furan rings is 1. The first-order valence-electron chi connectivity index (χ1n) is 10.1. The van der Waals surface area contributed by atoms with Gasteiger partial charge in [-0.15, -0.1) is 0 Å². The highest BCUT2D eigenvalue weighted by molar-refractivity contribution is 6.04. The Kier molecular flexibility index (Phi) is 6.08. The van der Waals surface area contributed by atoms with Crippen LogP contribution in [0.4, 0.5) is 5.69 Å². The van der Waals surface area contributed by atoms with Crippen LogP contribution in [0.25, 0.3) is 0 Å². The van der Waals surface area contributed by atoms with Crippen molar-refractivity contribution in [2.75, 3.05) is 24.5 Å². The number of anilines is 1. The zero-order valence-electron chi connectivity index (χ0n) is 16.4. The second-order valence-electron chi connectivity index (χ2n) is 7.45. The lowest BCUT2D eigenvalue weighted by Gasteiger charge is -2.38. The number of β-amino-alcohol motifs (C(OH)–C–C–N with tert-alkyl or cyclic N) is 1. The Morgan fingerprint density at radius 2 is 1.66 bits per heavy atom. The summed E-state index contributed by atoms with van der Waals surface area (Å²) >= 11 is 0. The number of hydrogen-bond acceptors (Lipinski definition) is 4. The highest BCUT2D eigenvalue weighted by atomic mass is 16.3. The summed E-state index contributed by atoms with van der Waals surface area (Å²) in [5.41, 5.74) is 1.82. The van der Waals surface area contributed by atoms with Gasteiger partial charge in [0.2, 0.25) is 0 Å². The molecule has 29 heavy (non-hydrogen) atoms. The highest BCUT2D eigenvalue weighted by Crippen LogP contribution is 2.27. The van der Waals surface area contributed by atoms with Crippen molar-refractivity contribution in [3.05, 3.63) is 90.4 Å². The molecule has 1 aliphatic heterocycles. The summed E-state index contributed by atoms with van der Waals surface area (Å²) in [5, 5.41) is 10.5. The highest BCUT2D eigenvalue weighted by Gasteiger charge is 2.31. The molecule has 0 saturated carbocycles. The van der Waals surface area contributed by atoms with Crippen molar-refractivity contribution in [3.8, 4) is 0 Å². The number of carbonyl (C=O) groups is 1. The van der Waals surface area contributed by atoms with Gasteiger partial charge in [-0.3, -0.25) is 4.79 Å². The van der Waals surface area contributed by atoms with Crippen molar-refractivity contribution in [1.29, 1.82) is 0 Å². The molecular formula is C24H26N2O3. The van der Waals surface area contributed by atoms with Gasteiger partial charge >= 0.3 is 0 Å². The molecule has 0 bridgehead atoms. The maximum Gasteiger partial charge on any atom is 0.294 e. The van der Waals surface area contributed by atoms with E-state index in [-0.39, 0.29) is 11.9 Å². The number of nitrogens with zero attached hydrogens (tertiary/aromatic N) is 2. The Balaban J connectivity index is 1.43. The van der Waals surface area contributed by atoms with Crippen LogP contribution in [0.5, 0.6) is 0 Å². The van der Waals surface area contributed by atoms with Crippen LogP contribution in [0.15, 0.2) is 83.5 Å². The molecule has 1 aliphatic rings. The average molecular weight is 390 g/mol. The molecule has 0 spiro atoms. The minimum Gasteiger partial charge on any atom is -0.459 e. The first-order valence-corrected chi connectivity index (χ1v) is 10.1. The Morgan fingerprint density at radius 1 is 1.00 bits per heavy atom. The van der Waals surface area contributed by atoms with Gasteiger partial charge in [0.25, 0.3) is 5.91 Å². The van der Waals surface area contributed by atoms with Gasteiger partial charge in [0.05, 0.1) is 12.4 Å². The molecule has 1 unspecified atom stereocenters. The van der Waals surface area contributed by atoms with E-state index >= 15 is 0 Å². The number of hydrogen-bond donors (Lipinski definition) is 1. The van der Waals surface area contributed by atoms with Gasteiger partial charge in [-0.2, -0.15) is 0 Å². The third kappa shape index (κ3) is 4.58. The SMILES string of the molecule is O=C(c1ccco1)N(c1ccccc1)C1CCN(CC(O)c2ccccc2)CC1. The summed E-state index contributed by atoms with van der Waals surface area (Å²) in [7, 11) is 0. The van der Waals surface area contributed by atoms with Crippen LogP contribution >= 0.6 is 0 Å². The molecule has 5 nitrogen and oxygen atoms in total. The lowest BCUT2D eigenvalue weighted by atomic mass is 10.0. The topological polar surface area (TPSA) is 56.9 Å². The quantitative estimate of drug-likeness (QED) is 0.688. The fraction of sp³-hybridized carbons (Fsp3) is 0.292. The zero-order chi connectivity index (χ0) is 20.1. The lowest BCUT2D eigenvalue weighted by Crippen LogP contribution is -2.48. The van der Waals surface area contributed by atoms with Crippen LogP contribution in [0, 0.1) is 0 Å². The summed E-state index contributed by atoms with van der Waals surface area (Å²) < 4.78 is 5.38. The molecule has 0 aliphatic carbocycles. The van der Waals surface area contributed by atoms with E-state index in [0.29, 0.717) is 12.3 Å². The summed E-state index contributed by atoms with van der Waals surface area (Å²) in [6.45, 7) is 2.28. The summed E-state index contributed by atoms with van der Waals surface area (Å²) in [6, 6.07) is 23.1. The third-order valence-corrected chi connectivity index (χ3v) is 5.52. The summed E-state index contributed by atoms with van der Waals surface area (Å²) in [6.07, 6.45) is 2.73. The van der Waals surface area contributed by atoms with Crippen LogP contribution in [0.3, 0.4) is 0 Å². The fourth-order valence-corrected chi connectivity index (χ4v) is 3.99. The fourth-order valence-electron chi connectivity index (χ4n) is 3.99. The molecule has 0 radical (unpaired) electrons. The maximum atomic E-state index is 13.1. The molecule has 1 atom stereocenters. The minimum atomic E-state index is -0.497. The molecule has 3 aromatic rings. The molecule has 2 aromatic carbocycles. The van der Waals surface area contributed by atoms with Crippen molar-refractivity contribution < 1.29 is 14.3 Å². The molecule has 1 fully saturated rings. The molecule has 2 heterocycles. The maximum absolute atomic E-state index is 13.1. The van der Waals surface area contributed by atoms with E-state index in [1.165, 1.54) is 6.26 Å². The van der Waals surface area contributed by atoms with Crippen molar-refractivity contribution in [2.24, 2.45) is 0 Å². The van der Waals surface area contributed by atoms with E-state index in [9.17, 15) is 9.90 Å². The minimum absolute atomic E-state index is 0.0973. The predicted molar refractivity (Wildman–Crippen MR) is 113 cm³/mol. The molecule has 1 amide bonds. The molecule has 150 valence electrons. The van der Waals surface area contributed by atoms with Crippen LogP contribution in [-0.4, -0.2) is 41.6 Å². The van der Waals surface area contributed by atoms with E-state index < -0.39 is 6.10 Å². The van der Waals surface area contributed by atoms with Crippen LogP contribution in [0.1, 0.15) is 35.1 Å². The molecule has 5 heteroatoms. The number of likely N-dealkylation sites (tertiary alicyclic amines) is 1. The van der Waals surface area contributed by atoms with Crippen LogP contribution < -0.4 is 4.90 Å². The van der Waals surface area contributed by atoms with E-state index in [1.54, 1.807) is 12.1 Å². The lowest BCUT2D eigenvalue weighted by molar-refractivity contribution is 0.0866. The number of aliphatic hydroxyl groups excluding tert-OH is 1. The van der Waals surface area contributed by atoms with Gasteiger partial charge in [0.15, 0.2) is 5.76 Å². The second kappa shape index (κ2) is 9.07. The zero-order valence-corrected chi connectivity index (χ0v) is 16.4. The van der Waals surface area contributed by atoms with E-state index in [0.717, 1.165) is 37.2 Å². The predicted octanol–water partition coefficient (Wildman–Crippen LogP) is 4.12. The number of carbonyl (C=O) groups excluding carboxylic acids is 1. The summed E-state index contributed by atoms with van der Waals surface area (Å²) in [4.78, 5) is 17.3. The third-order valence-electron chi connectivity index (χ3n) is 5.52. The second-order valence-corrected chi connectivity index (χ2v) is 7.45. The van der Waals surface area contributed by atoms with E-state index in [4.69, 9.17) is 4.42 Å². The number of amides is 1. The number of rotatable bonds is 6. The molecule has 1 aromatic heterocycles. The number of aliphatic hydroxyl groups is 1. The van der Waals surface area contributed by atoms with Gasteiger partial charge in [0.1, 0.15) is 0 Å². The molecule has 1 saturated heterocycles. The smallest absolute Gasteiger partial charge is 0.294 e. The number of piperidine rings is 1. The van der Waals surface area contributed by atoms with Gasteiger partial charge < -0.3 is 19.3 Å². The number of para-hydroxylation sites is 1. The van der Waals surface area contributed by atoms with Crippen molar-refractivity contribution in [1.82, 2.24) is 4.90 Å². The Bertz CT molecular complexity index is 888. The molecular weight excluding hydrogens is 364 g/mol. The van der Waals surface area contributed by atoms with E-state index in [2.05, 4.69) is 4.90 Å². The normalized spacial score (nSPS) is 16.4. The Labute approximate surface area is 171 Å². The van der Waals surface area contributed by atoms with Gasteiger partial charge in [-0.25, -0.2) is 0 Å². The van der Waals surface area contributed by atoms with Gasteiger partial charge in [-0.05, 0) is 42.7 Å². The first-order chi connectivity index (χ1) is 14.2. The van der Waals surface area contributed by atoms with E-state index in [1.807, 2.05) is 65.6 Å². The van der Waals surface area contributed by atoms with Crippen LogP contribution in [-0.2, 0) is 0 Å². The average Bonchev–Trinajstić information content (AvgIpc) is 3.31. The Hall–Kier alpha value is -2.89. The first kappa shape index (κ1) is 19.4.